The van der Waals surface area contributed by atoms with E-state index in [1.165, 1.54) is 11.1 Å². The van der Waals surface area contributed by atoms with E-state index in [-0.39, 0.29) is 12.5 Å². The summed E-state index contributed by atoms with van der Waals surface area (Å²) in [6.45, 7) is 10.6. The molecule has 1 aromatic carbocycles. The molecule has 0 saturated carbocycles. The van der Waals surface area contributed by atoms with Gasteiger partial charge >= 0.3 is 0 Å². The molecule has 140 valence electrons. The van der Waals surface area contributed by atoms with Crippen molar-refractivity contribution in [3.05, 3.63) is 52.3 Å². The molecular formula is C21H28N2O3. The molecule has 1 amide bonds. The second-order valence-corrected chi connectivity index (χ2v) is 6.78. The molecule has 0 saturated heterocycles. The quantitative estimate of drug-likeness (QED) is 0.819. The molecule has 0 aliphatic rings. The predicted octanol–water partition coefficient (Wildman–Crippen LogP) is 3.83. The first-order valence-corrected chi connectivity index (χ1v) is 8.82. The Hall–Kier alpha value is -2.56. The molecule has 0 aliphatic heterocycles. The maximum atomic E-state index is 12.1. The van der Waals surface area contributed by atoms with Crippen molar-refractivity contribution >= 4 is 5.91 Å². The van der Waals surface area contributed by atoms with Gasteiger partial charge in [0, 0.05) is 17.3 Å². The molecule has 0 bridgehead atoms. The van der Waals surface area contributed by atoms with Crippen LogP contribution in [0.2, 0.25) is 0 Å². The van der Waals surface area contributed by atoms with Crippen LogP contribution in [0.25, 0.3) is 0 Å². The van der Waals surface area contributed by atoms with E-state index in [0.717, 1.165) is 22.6 Å². The third-order valence-electron chi connectivity index (χ3n) is 4.44. The molecule has 2 aromatic rings. The number of aromatic nitrogens is 1. The Kier molecular flexibility index (Phi) is 6.61. The van der Waals surface area contributed by atoms with Gasteiger partial charge in [-0.05, 0) is 49.9 Å². The topological polar surface area (TPSA) is 60.5 Å². The van der Waals surface area contributed by atoms with Gasteiger partial charge in [0.2, 0.25) is 0 Å². The van der Waals surface area contributed by atoms with Crippen molar-refractivity contribution in [1.29, 1.82) is 0 Å². The minimum atomic E-state index is -0.184. The van der Waals surface area contributed by atoms with Crippen LogP contribution in [0.5, 0.6) is 11.5 Å². The maximum Gasteiger partial charge on any atom is 0.258 e. The fourth-order valence-corrected chi connectivity index (χ4v) is 3.02. The second-order valence-electron chi connectivity index (χ2n) is 6.78. The zero-order chi connectivity index (χ0) is 19.3. The molecule has 1 N–H and O–H groups in total. The van der Waals surface area contributed by atoms with Gasteiger partial charge in [-0.1, -0.05) is 19.9 Å². The first-order valence-electron chi connectivity index (χ1n) is 8.82. The van der Waals surface area contributed by atoms with Crippen molar-refractivity contribution < 1.29 is 14.3 Å². The zero-order valence-electron chi connectivity index (χ0n) is 16.5. The molecule has 0 atom stereocenters. The number of nitrogens with zero attached hydrogens (tertiary/aromatic N) is 1. The Balaban J connectivity index is 1.91. The summed E-state index contributed by atoms with van der Waals surface area (Å²) in [5.41, 5.74) is 5.16. The summed E-state index contributed by atoms with van der Waals surface area (Å²) >= 11 is 0. The van der Waals surface area contributed by atoms with Crippen molar-refractivity contribution in [2.24, 2.45) is 0 Å². The van der Waals surface area contributed by atoms with Crippen molar-refractivity contribution in [2.45, 2.75) is 47.1 Å². The van der Waals surface area contributed by atoms with Gasteiger partial charge in [-0.3, -0.25) is 9.78 Å². The van der Waals surface area contributed by atoms with Gasteiger partial charge in [-0.25, -0.2) is 0 Å². The number of nitrogens with one attached hydrogen (secondary N) is 1. The largest absolute Gasteiger partial charge is 0.496 e. The molecule has 5 nitrogen and oxygen atoms in total. The lowest BCUT2D eigenvalue weighted by Gasteiger charge is -2.14. The van der Waals surface area contributed by atoms with Crippen LogP contribution < -0.4 is 14.8 Å². The monoisotopic (exact) mass is 356 g/mol. The Morgan fingerprint density at radius 3 is 2.54 bits per heavy atom. The number of methoxy groups -OCH3 is 1. The van der Waals surface area contributed by atoms with Gasteiger partial charge in [-0.15, -0.1) is 0 Å². The zero-order valence-corrected chi connectivity index (χ0v) is 16.5. The fraction of sp³-hybridized carbons (Fsp3) is 0.429. The lowest BCUT2D eigenvalue weighted by atomic mass is 9.98. The average Bonchev–Trinajstić information content (AvgIpc) is 2.59. The van der Waals surface area contributed by atoms with Gasteiger partial charge in [0.15, 0.2) is 6.61 Å². The average molecular weight is 356 g/mol. The van der Waals surface area contributed by atoms with Crippen LogP contribution in [0.4, 0.5) is 0 Å². The normalized spacial score (nSPS) is 10.7. The standard InChI is InChI=1S/C21H28N2O3/c1-13(2)18-8-7-17(9-14(18)3)26-12-20(24)23-11-19-16(5)21(25-6)15(4)10-22-19/h7-10,13H,11-12H2,1-6H3,(H,23,24). The molecule has 1 heterocycles. The highest BCUT2D eigenvalue weighted by molar-refractivity contribution is 5.77. The minimum Gasteiger partial charge on any atom is -0.496 e. The Labute approximate surface area is 155 Å². The number of hydrogen-bond acceptors (Lipinski definition) is 4. The number of rotatable bonds is 7. The molecular weight excluding hydrogens is 328 g/mol. The molecule has 0 aliphatic carbocycles. The van der Waals surface area contributed by atoms with E-state index in [9.17, 15) is 4.79 Å². The second kappa shape index (κ2) is 8.70. The SMILES string of the molecule is COc1c(C)cnc(CNC(=O)COc2ccc(C(C)C)c(C)c2)c1C. The van der Waals surface area contributed by atoms with Crippen molar-refractivity contribution in [2.75, 3.05) is 13.7 Å². The van der Waals surface area contributed by atoms with E-state index in [4.69, 9.17) is 9.47 Å². The van der Waals surface area contributed by atoms with Crippen molar-refractivity contribution in [3.63, 3.8) is 0 Å². The molecule has 0 radical (unpaired) electrons. The molecule has 2 rings (SSSR count). The van der Waals surface area contributed by atoms with Gasteiger partial charge in [0.25, 0.3) is 5.91 Å². The number of benzene rings is 1. The van der Waals surface area contributed by atoms with E-state index in [0.29, 0.717) is 18.2 Å². The van der Waals surface area contributed by atoms with Gasteiger partial charge < -0.3 is 14.8 Å². The number of hydrogen-bond donors (Lipinski definition) is 1. The lowest BCUT2D eigenvalue weighted by molar-refractivity contribution is -0.123. The highest BCUT2D eigenvalue weighted by Crippen LogP contribution is 2.24. The van der Waals surface area contributed by atoms with Gasteiger partial charge in [0.1, 0.15) is 11.5 Å². The number of aryl methyl sites for hydroxylation is 2. The molecule has 1 aromatic heterocycles. The minimum absolute atomic E-state index is 0.0253. The summed E-state index contributed by atoms with van der Waals surface area (Å²) in [6.07, 6.45) is 1.75. The molecule has 0 unspecified atom stereocenters. The number of carbonyl (C=O) groups is 1. The third kappa shape index (κ3) is 4.75. The van der Waals surface area contributed by atoms with Gasteiger partial charge in [-0.2, -0.15) is 0 Å². The van der Waals surface area contributed by atoms with E-state index >= 15 is 0 Å². The number of amides is 1. The Bertz CT molecular complexity index is 785. The van der Waals surface area contributed by atoms with Crippen LogP contribution in [0.3, 0.4) is 0 Å². The van der Waals surface area contributed by atoms with Gasteiger partial charge in [0.05, 0.1) is 19.3 Å². The first-order chi connectivity index (χ1) is 12.3. The highest BCUT2D eigenvalue weighted by atomic mass is 16.5. The molecule has 0 spiro atoms. The summed E-state index contributed by atoms with van der Waals surface area (Å²) in [5, 5.41) is 2.84. The van der Waals surface area contributed by atoms with Crippen molar-refractivity contribution in [1.82, 2.24) is 10.3 Å². The first kappa shape index (κ1) is 19.8. The number of ether oxygens (including phenoxy) is 2. The Morgan fingerprint density at radius 2 is 1.92 bits per heavy atom. The molecule has 26 heavy (non-hydrogen) atoms. The van der Waals surface area contributed by atoms with Crippen LogP contribution in [0, 0.1) is 20.8 Å². The predicted molar refractivity (Wildman–Crippen MR) is 103 cm³/mol. The van der Waals surface area contributed by atoms with Crippen LogP contribution in [-0.4, -0.2) is 24.6 Å². The molecule has 0 fully saturated rings. The summed E-state index contributed by atoms with van der Waals surface area (Å²) in [5.74, 6) is 1.79. The van der Waals surface area contributed by atoms with Crippen molar-refractivity contribution in [3.8, 4) is 11.5 Å². The van der Waals surface area contributed by atoms with Crippen LogP contribution in [0.15, 0.2) is 24.4 Å². The summed E-state index contributed by atoms with van der Waals surface area (Å²) in [4.78, 5) is 16.5. The lowest BCUT2D eigenvalue weighted by Crippen LogP contribution is -2.29. The van der Waals surface area contributed by atoms with Crippen LogP contribution in [-0.2, 0) is 11.3 Å². The van der Waals surface area contributed by atoms with E-state index in [1.807, 2.05) is 26.0 Å². The summed E-state index contributed by atoms with van der Waals surface area (Å²) in [6, 6.07) is 5.93. The van der Waals surface area contributed by atoms with E-state index < -0.39 is 0 Å². The summed E-state index contributed by atoms with van der Waals surface area (Å²) < 4.78 is 11.0. The number of pyridine rings is 1. The third-order valence-corrected chi connectivity index (χ3v) is 4.44. The Morgan fingerprint density at radius 1 is 1.19 bits per heavy atom. The van der Waals surface area contributed by atoms with E-state index in [1.54, 1.807) is 13.3 Å². The fourth-order valence-electron chi connectivity index (χ4n) is 3.02. The maximum absolute atomic E-state index is 12.1. The van der Waals surface area contributed by atoms with Crippen LogP contribution >= 0.6 is 0 Å². The summed E-state index contributed by atoms with van der Waals surface area (Å²) in [7, 11) is 1.64. The number of carbonyl (C=O) groups excluding carboxylic acids is 1. The highest BCUT2D eigenvalue weighted by Gasteiger charge is 2.11. The smallest absolute Gasteiger partial charge is 0.258 e. The molecule has 5 heteroatoms. The van der Waals surface area contributed by atoms with E-state index in [2.05, 4.69) is 37.1 Å². The van der Waals surface area contributed by atoms with Crippen LogP contribution in [0.1, 0.15) is 47.7 Å².